The Morgan fingerprint density at radius 1 is 1.08 bits per heavy atom. The summed E-state index contributed by atoms with van der Waals surface area (Å²) in [6.45, 7) is 0. The SMILES string of the molecule is O=C(NNc1ccc(F)c(F)c1F)c1cnc2[nH]c(=O)[nH]c(=O)c2c1. The van der Waals surface area contributed by atoms with Crippen molar-refractivity contribution in [3.63, 3.8) is 0 Å². The van der Waals surface area contributed by atoms with Gasteiger partial charge in [0.25, 0.3) is 11.5 Å². The van der Waals surface area contributed by atoms with Crippen LogP contribution in [0.25, 0.3) is 11.0 Å². The maximum absolute atomic E-state index is 13.5. The number of pyridine rings is 1. The summed E-state index contributed by atoms with van der Waals surface area (Å²) in [5.74, 6) is -5.40. The summed E-state index contributed by atoms with van der Waals surface area (Å²) in [6.07, 6.45) is 1.07. The second-order valence-electron chi connectivity index (χ2n) is 4.83. The first-order valence-corrected chi connectivity index (χ1v) is 6.69. The van der Waals surface area contributed by atoms with Crippen LogP contribution in [0.4, 0.5) is 18.9 Å². The Morgan fingerprint density at radius 3 is 2.60 bits per heavy atom. The van der Waals surface area contributed by atoms with Crippen LogP contribution in [-0.4, -0.2) is 20.9 Å². The summed E-state index contributed by atoms with van der Waals surface area (Å²) in [7, 11) is 0. The topological polar surface area (TPSA) is 120 Å². The number of benzene rings is 1. The number of rotatable bonds is 3. The number of amides is 1. The van der Waals surface area contributed by atoms with Crippen LogP contribution in [0.1, 0.15) is 10.4 Å². The van der Waals surface area contributed by atoms with Crippen molar-refractivity contribution in [3.05, 3.63) is 68.2 Å². The molecule has 0 atom stereocenters. The highest BCUT2D eigenvalue weighted by Crippen LogP contribution is 2.18. The molecule has 3 aromatic rings. The fourth-order valence-corrected chi connectivity index (χ4v) is 1.99. The number of carbonyl (C=O) groups excluding carboxylic acids is 1. The van der Waals surface area contributed by atoms with Gasteiger partial charge in [0.05, 0.1) is 16.6 Å². The molecular weight excluding hydrogens is 343 g/mol. The first kappa shape index (κ1) is 16.2. The van der Waals surface area contributed by atoms with Crippen molar-refractivity contribution in [1.29, 1.82) is 0 Å². The number of nitrogens with zero attached hydrogens (tertiary/aromatic N) is 1. The van der Waals surface area contributed by atoms with E-state index in [1.54, 1.807) is 0 Å². The number of aromatic amines is 2. The molecule has 0 radical (unpaired) electrons. The van der Waals surface area contributed by atoms with Crippen LogP contribution in [0.5, 0.6) is 0 Å². The van der Waals surface area contributed by atoms with E-state index in [1.807, 2.05) is 4.98 Å². The van der Waals surface area contributed by atoms with E-state index < -0.39 is 40.3 Å². The van der Waals surface area contributed by atoms with E-state index in [-0.39, 0.29) is 16.6 Å². The van der Waals surface area contributed by atoms with E-state index in [4.69, 9.17) is 0 Å². The Balaban J connectivity index is 1.84. The second kappa shape index (κ2) is 6.11. The average molecular weight is 351 g/mol. The zero-order chi connectivity index (χ0) is 18.1. The number of hydrogen-bond donors (Lipinski definition) is 4. The Labute approximate surface area is 135 Å². The van der Waals surface area contributed by atoms with Crippen LogP contribution in [0.2, 0.25) is 0 Å². The third-order valence-corrected chi connectivity index (χ3v) is 3.20. The minimum atomic E-state index is -1.69. The molecule has 0 saturated heterocycles. The van der Waals surface area contributed by atoms with E-state index in [2.05, 4.69) is 20.8 Å². The maximum atomic E-state index is 13.5. The molecule has 0 spiro atoms. The fraction of sp³-hybridized carbons (Fsp3) is 0. The second-order valence-corrected chi connectivity index (χ2v) is 4.83. The molecule has 2 heterocycles. The number of carbonyl (C=O) groups is 1. The Hall–Kier alpha value is -3.63. The van der Waals surface area contributed by atoms with E-state index in [0.717, 1.165) is 18.3 Å². The van der Waals surface area contributed by atoms with Crippen molar-refractivity contribution in [2.24, 2.45) is 0 Å². The first-order valence-electron chi connectivity index (χ1n) is 6.69. The predicted octanol–water partition coefficient (Wildman–Crippen LogP) is 0.786. The van der Waals surface area contributed by atoms with Gasteiger partial charge < -0.3 is 0 Å². The molecule has 128 valence electrons. The number of fused-ring (bicyclic) bond motifs is 1. The van der Waals surface area contributed by atoms with Gasteiger partial charge in [0.15, 0.2) is 17.5 Å². The minimum Gasteiger partial charge on any atom is -0.295 e. The molecule has 0 unspecified atom stereocenters. The number of halogens is 3. The molecule has 3 rings (SSSR count). The van der Waals surface area contributed by atoms with Gasteiger partial charge in [0, 0.05) is 6.20 Å². The molecule has 1 aromatic carbocycles. The van der Waals surface area contributed by atoms with E-state index in [1.165, 1.54) is 0 Å². The normalized spacial score (nSPS) is 10.7. The van der Waals surface area contributed by atoms with Gasteiger partial charge in [-0.15, -0.1) is 0 Å². The molecule has 0 bridgehead atoms. The number of hydrazine groups is 1. The molecule has 8 nitrogen and oxygen atoms in total. The molecule has 4 N–H and O–H groups in total. The van der Waals surface area contributed by atoms with Crippen LogP contribution in [0.15, 0.2) is 34.0 Å². The number of hydrogen-bond acceptors (Lipinski definition) is 5. The van der Waals surface area contributed by atoms with E-state index in [9.17, 15) is 27.6 Å². The first-order chi connectivity index (χ1) is 11.9. The number of nitrogens with one attached hydrogen (secondary N) is 4. The molecular formula is C14H8F3N5O3. The van der Waals surface area contributed by atoms with Crippen LogP contribution < -0.4 is 22.1 Å². The Bertz CT molecular complexity index is 1110. The predicted molar refractivity (Wildman–Crippen MR) is 80.4 cm³/mol. The van der Waals surface area contributed by atoms with Gasteiger partial charge in [0.1, 0.15) is 5.65 Å². The smallest absolute Gasteiger partial charge is 0.295 e. The Kier molecular flexibility index (Phi) is 3.97. The zero-order valence-electron chi connectivity index (χ0n) is 12.1. The standard InChI is InChI=1S/C14H8F3N5O3/c15-7-1-2-8(10(17)9(7)16)21-22-12(23)5-3-6-11(18-4-5)19-14(25)20-13(6)24/h1-4,21H,(H,22,23)(H2,18,19,20,24,25). The van der Waals surface area contributed by atoms with Gasteiger partial charge in [-0.3, -0.25) is 30.4 Å². The lowest BCUT2D eigenvalue weighted by Crippen LogP contribution is -2.30. The molecule has 2 aromatic heterocycles. The largest absolute Gasteiger partial charge is 0.327 e. The zero-order valence-corrected chi connectivity index (χ0v) is 12.1. The van der Waals surface area contributed by atoms with Gasteiger partial charge in [-0.2, -0.15) is 0 Å². The van der Waals surface area contributed by atoms with Gasteiger partial charge >= 0.3 is 5.69 Å². The minimum absolute atomic E-state index is 0.0232. The molecule has 25 heavy (non-hydrogen) atoms. The van der Waals surface area contributed by atoms with Gasteiger partial charge in [-0.25, -0.2) is 22.9 Å². The van der Waals surface area contributed by atoms with Gasteiger partial charge in [-0.05, 0) is 18.2 Å². The van der Waals surface area contributed by atoms with E-state index >= 15 is 0 Å². The summed E-state index contributed by atoms with van der Waals surface area (Å²) in [6, 6.07) is 2.72. The highest BCUT2D eigenvalue weighted by Gasteiger charge is 2.15. The third-order valence-electron chi connectivity index (χ3n) is 3.20. The molecule has 0 aliphatic carbocycles. The molecule has 1 amide bonds. The van der Waals surface area contributed by atoms with Crippen molar-refractivity contribution in [2.75, 3.05) is 5.43 Å². The quantitative estimate of drug-likeness (QED) is 0.411. The van der Waals surface area contributed by atoms with Crippen molar-refractivity contribution < 1.29 is 18.0 Å². The highest BCUT2D eigenvalue weighted by atomic mass is 19.2. The summed E-state index contributed by atoms with van der Waals surface area (Å²) in [4.78, 5) is 42.9. The van der Waals surface area contributed by atoms with Crippen LogP contribution in [0.3, 0.4) is 0 Å². The molecule has 0 saturated carbocycles. The van der Waals surface area contributed by atoms with Crippen molar-refractivity contribution in [1.82, 2.24) is 20.4 Å². The van der Waals surface area contributed by atoms with Crippen LogP contribution in [0, 0.1) is 17.5 Å². The number of H-pyrrole nitrogens is 2. The summed E-state index contributed by atoms with van der Waals surface area (Å²) in [5.41, 5.74) is 2.04. The summed E-state index contributed by atoms with van der Waals surface area (Å²) < 4.78 is 39.4. The van der Waals surface area contributed by atoms with E-state index in [0.29, 0.717) is 6.07 Å². The fourth-order valence-electron chi connectivity index (χ4n) is 1.99. The summed E-state index contributed by atoms with van der Waals surface area (Å²) >= 11 is 0. The maximum Gasteiger partial charge on any atom is 0.327 e. The number of anilines is 1. The molecule has 0 fully saturated rings. The van der Waals surface area contributed by atoms with Gasteiger partial charge in [-0.1, -0.05) is 0 Å². The monoisotopic (exact) mass is 351 g/mol. The lowest BCUT2D eigenvalue weighted by Gasteiger charge is -2.10. The lowest BCUT2D eigenvalue weighted by atomic mass is 10.2. The lowest BCUT2D eigenvalue weighted by molar-refractivity contribution is 0.0962. The average Bonchev–Trinajstić information content (AvgIpc) is 2.58. The summed E-state index contributed by atoms with van der Waals surface area (Å²) in [5, 5.41) is -0.0498. The van der Waals surface area contributed by atoms with Crippen LogP contribution in [-0.2, 0) is 0 Å². The van der Waals surface area contributed by atoms with Crippen LogP contribution >= 0.6 is 0 Å². The molecule has 11 heteroatoms. The van der Waals surface area contributed by atoms with Crippen molar-refractivity contribution in [3.8, 4) is 0 Å². The highest BCUT2D eigenvalue weighted by molar-refractivity contribution is 5.97. The van der Waals surface area contributed by atoms with Crippen molar-refractivity contribution in [2.45, 2.75) is 0 Å². The molecule has 0 aliphatic heterocycles. The third kappa shape index (κ3) is 3.06. The van der Waals surface area contributed by atoms with Gasteiger partial charge in [0.2, 0.25) is 0 Å². The molecule has 0 aliphatic rings. The number of aromatic nitrogens is 3. The van der Waals surface area contributed by atoms with Crippen molar-refractivity contribution >= 4 is 22.6 Å². The Morgan fingerprint density at radius 2 is 1.84 bits per heavy atom.